The summed E-state index contributed by atoms with van der Waals surface area (Å²) in [6.07, 6.45) is -0.171. The Bertz CT molecular complexity index is 623. The molecular formula is C14H15F2N3O. The van der Waals surface area contributed by atoms with Gasteiger partial charge in [0.15, 0.2) is 5.82 Å². The normalized spacial score (nSPS) is 10.8. The van der Waals surface area contributed by atoms with Crippen molar-refractivity contribution in [1.29, 1.82) is 0 Å². The van der Waals surface area contributed by atoms with E-state index in [-0.39, 0.29) is 17.9 Å². The van der Waals surface area contributed by atoms with Gasteiger partial charge in [0.25, 0.3) is 0 Å². The van der Waals surface area contributed by atoms with Crippen LogP contribution in [0.5, 0.6) is 0 Å². The number of halogens is 2. The quantitative estimate of drug-likeness (QED) is 0.904. The first kappa shape index (κ1) is 14.2. The van der Waals surface area contributed by atoms with Gasteiger partial charge in [-0.25, -0.2) is 8.78 Å². The maximum atomic E-state index is 13.4. The summed E-state index contributed by atoms with van der Waals surface area (Å²) in [7, 11) is 0. The number of hydrogen-bond acceptors (Lipinski definition) is 2. The van der Waals surface area contributed by atoms with Gasteiger partial charge in [0, 0.05) is 17.8 Å². The van der Waals surface area contributed by atoms with Crippen LogP contribution in [-0.2, 0) is 11.2 Å². The third-order valence-electron chi connectivity index (χ3n) is 2.85. The minimum atomic E-state index is -0.731. The van der Waals surface area contributed by atoms with E-state index in [4.69, 9.17) is 0 Å². The Hall–Kier alpha value is -2.24. The molecule has 2 aromatic rings. The summed E-state index contributed by atoms with van der Waals surface area (Å²) in [5.41, 5.74) is 1.04. The molecule has 0 spiro atoms. The van der Waals surface area contributed by atoms with Gasteiger partial charge in [-0.15, -0.1) is 0 Å². The second-order valence-electron chi connectivity index (χ2n) is 4.82. The van der Waals surface area contributed by atoms with Crippen molar-refractivity contribution in [2.75, 3.05) is 5.32 Å². The summed E-state index contributed by atoms with van der Waals surface area (Å²) in [6.45, 7) is 3.99. The van der Waals surface area contributed by atoms with Gasteiger partial charge in [-0.2, -0.15) is 5.10 Å². The van der Waals surface area contributed by atoms with E-state index in [1.165, 1.54) is 6.07 Å². The molecule has 0 saturated heterocycles. The third-order valence-corrected chi connectivity index (χ3v) is 2.85. The molecule has 0 aliphatic heterocycles. The lowest BCUT2D eigenvalue weighted by Gasteiger charge is -2.03. The number of H-pyrrole nitrogens is 1. The van der Waals surface area contributed by atoms with Crippen LogP contribution in [0.2, 0.25) is 0 Å². The van der Waals surface area contributed by atoms with E-state index in [1.807, 2.05) is 13.8 Å². The van der Waals surface area contributed by atoms with Crippen molar-refractivity contribution in [3.8, 4) is 0 Å². The molecule has 106 valence electrons. The van der Waals surface area contributed by atoms with E-state index >= 15 is 0 Å². The monoisotopic (exact) mass is 279 g/mol. The topological polar surface area (TPSA) is 57.8 Å². The predicted octanol–water partition coefficient (Wildman–Crippen LogP) is 2.99. The second kappa shape index (κ2) is 5.81. The number of aromatic nitrogens is 2. The number of amides is 1. The highest BCUT2D eigenvalue weighted by Gasteiger charge is 2.11. The van der Waals surface area contributed by atoms with Crippen LogP contribution >= 0.6 is 0 Å². The number of aromatic amines is 1. The maximum absolute atomic E-state index is 13.4. The lowest BCUT2D eigenvalue weighted by molar-refractivity contribution is -0.115. The molecule has 6 heteroatoms. The van der Waals surface area contributed by atoms with E-state index in [0.717, 1.165) is 17.8 Å². The smallest absolute Gasteiger partial charge is 0.230 e. The van der Waals surface area contributed by atoms with Gasteiger partial charge in [0.1, 0.15) is 11.6 Å². The molecule has 1 aromatic carbocycles. The third kappa shape index (κ3) is 3.40. The molecule has 0 aliphatic carbocycles. The van der Waals surface area contributed by atoms with Crippen LogP contribution in [-0.4, -0.2) is 16.1 Å². The molecule has 0 unspecified atom stereocenters. The van der Waals surface area contributed by atoms with Gasteiger partial charge >= 0.3 is 0 Å². The number of benzene rings is 1. The number of nitrogens with zero attached hydrogens (tertiary/aromatic N) is 1. The van der Waals surface area contributed by atoms with Gasteiger partial charge in [0.05, 0.1) is 6.42 Å². The number of carbonyl (C=O) groups is 1. The molecule has 0 radical (unpaired) electrons. The molecule has 0 bridgehead atoms. The van der Waals surface area contributed by atoms with E-state index in [9.17, 15) is 13.6 Å². The van der Waals surface area contributed by atoms with Crippen molar-refractivity contribution >= 4 is 11.7 Å². The highest BCUT2D eigenvalue weighted by Crippen LogP contribution is 2.15. The van der Waals surface area contributed by atoms with Crippen molar-refractivity contribution in [2.24, 2.45) is 0 Å². The lowest BCUT2D eigenvalue weighted by Crippen LogP contribution is -2.15. The van der Waals surface area contributed by atoms with Crippen molar-refractivity contribution in [1.82, 2.24) is 10.2 Å². The summed E-state index contributed by atoms with van der Waals surface area (Å²) in [4.78, 5) is 11.8. The molecule has 20 heavy (non-hydrogen) atoms. The average molecular weight is 279 g/mol. The van der Waals surface area contributed by atoms with Crippen molar-refractivity contribution in [2.45, 2.75) is 26.2 Å². The average Bonchev–Trinajstić information content (AvgIpc) is 2.81. The predicted molar refractivity (Wildman–Crippen MR) is 71.4 cm³/mol. The van der Waals surface area contributed by atoms with E-state index in [0.29, 0.717) is 5.82 Å². The fourth-order valence-corrected chi connectivity index (χ4v) is 1.72. The van der Waals surface area contributed by atoms with E-state index < -0.39 is 17.5 Å². The van der Waals surface area contributed by atoms with Gasteiger partial charge in [-0.05, 0) is 17.5 Å². The molecule has 0 atom stereocenters. The second-order valence-corrected chi connectivity index (χ2v) is 4.82. The van der Waals surface area contributed by atoms with Crippen LogP contribution in [0.25, 0.3) is 0 Å². The Morgan fingerprint density at radius 2 is 2.10 bits per heavy atom. The highest BCUT2D eigenvalue weighted by atomic mass is 19.1. The molecule has 0 fully saturated rings. The molecular weight excluding hydrogens is 264 g/mol. The van der Waals surface area contributed by atoms with Crippen molar-refractivity contribution in [3.63, 3.8) is 0 Å². The van der Waals surface area contributed by atoms with Crippen molar-refractivity contribution < 1.29 is 13.6 Å². The highest BCUT2D eigenvalue weighted by molar-refractivity contribution is 5.91. The zero-order valence-electron chi connectivity index (χ0n) is 11.2. The first-order chi connectivity index (χ1) is 9.45. The number of anilines is 1. The Kier molecular flexibility index (Phi) is 4.12. The van der Waals surface area contributed by atoms with Gasteiger partial charge in [0.2, 0.25) is 5.91 Å². The summed E-state index contributed by atoms with van der Waals surface area (Å²) in [6, 6.07) is 4.86. The van der Waals surface area contributed by atoms with Crippen LogP contribution in [0.1, 0.15) is 31.0 Å². The standard InChI is InChI=1S/C14H15F2N3O/c1-8(2)12-7-13(19-18-12)17-14(20)5-9-3-4-10(15)6-11(9)16/h3-4,6-8H,5H2,1-2H3,(H2,17,18,19,20). The van der Waals surface area contributed by atoms with E-state index in [1.54, 1.807) is 6.07 Å². The first-order valence-corrected chi connectivity index (χ1v) is 6.25. The maximum Gasteiger partial charge on any atom is 0.230 e. The number of carbonyl (C=O) groups excluding carboxylic acids is 1. The molecule has 2 rings (SSSR count). The van der Waals surface area contributed by atoms with Gasteiger partial charge < -0.3 is 5.32 Å². The molecule has 4 nitrogen and oxygen atoms in total. The Morgan fingerprint density at radius 3 is 2.70 bits per heavy atom. The molecule has 1 amide bonds. The molecule has 1 aromatic heterocycles. The van der Waals surface area contributed by atoms with Crippen LogP contribution in [0.3, 0.4) is 0 Å². The Labute approximate surface area is 115 Å². The van der Waals surface area contributed by atoms with Crippen LogP contribution in [0.15, 0.2) is 24.3 Å². The number of nitrogens with one attached hydrogen (secondary N) is 2. The summed E-state index contributed by atoms with van der Waals surface area (Å²) in [5.74, 6) is -1.15. The van der Waals surface area contributed by atoms with Crippen LogP contribution < -0.4 is 5.32 Å². The molecule has 1 heterocycles. The minimum Gasteiger partial charge on any atom is -0.309 e. The largest absolute Gasteiger partial charge is 0.309 e. The molecule has 0 saturated carbocycles. The fraction of sp³-hybridized carbons (Fsp3) is 0.286. The zero-order valence-corrected chi connectivity index (χ0v) is 11.2. The first-order valence-electron chi connectivity index (χ1n) is 6.25. The molecule has 2 N–H and O–H groups in total. The Balaban J connectivity index is 2.01. The van der Waals surface area contributed by atoms with Crippen LogP contribution in [0.4, 0.5) is 14.6 Å². The van der Waals surface area contributed by atoms with E-state index in [2.05, 4.69) is 15.5 Å². The summed E-state index contributed by atoms with van der Waals surface area (Å²) in [5, 5.41) is 9.32. The lowest BCUT2D eigenvalue weighted by atomic mass is 10.1. The van der Waals surface area contributed by atoms with Gasteiger partial charge in [-0.1, -0.05) is 19.9 Å². The summed E-state index contributed by atoms with van der Waals surface area (Å²) >= 11 is 0. The number of rotatable bonds is 4. The summed E-state index contributed by atoms with van der Waals surface area (Å²) < 4.78 is 26.2. The van der Waals surface area contributed by atoms with Crippen LogP contribution in [0, 0.1) is 11.6 Å². The minimum absolute atomic E-state index is 0.142. The fourth-order valence-electron chi connectivity index (χ4n) is 1.72. The van der Waals surface area contributed by atoms with Crippen molar-refractivity contribution in [3.05, 3.63) is 47.2 Å². The van der Waals surface area contributed by atoms with Gasteiger partial charge in [-0.3, -0.25) is 9.89 Å². The zero-order chi connectivity index (χ0) is 14.7. The SMILES string of the molecule is CC(C)c1cc(NC(=O)Cc2ccc(F)cc2F)n[nH]1. The molecule has 0 aliphatic rings. The Morgan fingerprint density at radius 1 is 1.35 bits per heavy atom. The number of hydrogen-bond donors (Lipinski definition) is 2.